The summed E-state index contributed by atoms with van der Waals surface area (Å²) in [6.45, 7) is 3.74. The van der Waals surface area contributed by atoms with Crippen LogP contribution in [0, 0.1) is 6.92 Å². The maximum absolute atomic E-state index is 12.6. The fraction of sp³-hybridized carbons (Fsp3) is 0.150. The first-order valence-electron chi connectivity index (χ1n) is 8.75. The van der Waals surface area contributed by atoms with Crippen LogP contribution >= 0.6 is 11.6 Å². The molecule has 0 fully saturated rings. The Morgan fingerprint density at radius 1 is 1.07 bits per heavy atom. The second kappa shape index (κ2) is 6.77. The van der Waals surface area contributed by atoms with Gasteiger partial charge in [0, 0.05) is 33.6 Å². The molecule has 2 aromatic carbocycles. The van der Waals surface area contributed by atoms with Gasteiger partial charge in [-0.15, -0.1) is 0 Å². The maximum Gasteiger partial charge on any atom is 0.252 e. The van der Waals surface area contributed by atoms with Gasteiger partial charge in [-0.05, 0) is 42.8 Å². The number of rotatable bonds is 4. The molecule has 0 radical (unpaired) electrons. The average molecular weight is 416 g/mol. The summed E-state index contributed by atoms with van der Waals surface area (Å²) >= 11 is 6.12. The Kier molecular flexibility index (Phi) is 4.53. The van der Waals surface area contributed by atoms with Gasteiger partial charge < -0.3 is 9.97 Å². The SMILES string of the molecule is CCNS(=O)(=O)c1cccc(-c2c(C)c(=O)[nH]c3c2[nH]c2ccc(Cl)cc23)c1. The predicted molar refractivity (Wildman–Crippen MR) is 112 cm³/mol. The van der Waals surface area contributed by atoms with E-state index in [0.717, 1.165) is 16.4 Å². The van der Waals surface area contributed by atoms with Gasteiger partial charge >= 0.3 is 0 Å². The van der Waals surface area contributed by atoms with Crippen molar-refractivity contribution in [3.8, 4) is 11.1 Å². The Morgan fingerprint density at radius 3 is 2.61 bits per heavy atom. The quantitative estimate of drug-likeness (QED) is 0.471. The predicted octanol–water partition coefficient (Wildman–Crippen LogP) is 3.94. The number of hydrogen-bond donors (Lipinski definition) is 3. The first kappa shape index (κ1) is 18.7. The van der Waals surface area contributed by atoms with Crippen LogP contribution in [0.5, 0.6) is 0 Å². The molecule has 4 rings (SSSR count). The maximum atomic E-state index is 12.6. The zero-order chi connectivity index (χ0) is 20.1. The molecule has 6 nitrogen and oxygen atoms in total. The van der Waals surface area contributed by atoms with Crippen LogP contribution in [0.4, 0.5) is 0 Å². The fourth-order valence-electron chi connectivity index (χ4n) is 3.44. The number of H-pyrrole nitrogens is 2. The number of hydrogen-bond acceptors (Lipinski definition) is 3. The Morgan fingerprint density at radius 2 is 1.86 bits per heavy atom. The molecule has 0 unspecified atom stereocenters. The number of aromatic amines is 2. The minimum absolute atomic E-state index is 0.152. The summed E-state index contributed by atoms with van der Waals surface area (Å²) in [7, 11) is -3.61. The van der Waals surface area contributed by atoms with Crippen molar-refractivity contribution in [1.29, 1.82) is 0 Å². The lowest BCUT2D eigenvalue weighted by Gasteiger charge is -2.10. The van der Waals surface area contributed by atoms with E-state index < -0.39 is 10.0 Å². The molecule has 8 heteroatoms. The van der Waals surface area contributed by atoms with Crippen molar-refractivity contribution in [2.24, 2.45) is 0 Å². The van der Waals surface area contributed by atoms with E-state index in [0.29, 0.717) is 33.8 Å². The Labute approximate surface area is 166 Å². The minimum atomic E-state index is -3.61. The van der Waals surface area contributed by atoms with E-state index in [1.165, 1.54) is 6.07 Å². The molecule has 0 aliphatic heterocycles. The number of nitrogens with one attached hydrogen (secondary N) is 3. The van der Waals surface area contributed by atoms with Crippen molar-refractivity contribution in [1.82, 2.24) is 14.7 Å². The molecule has 4 aromatic rings. The lowest BCUT2D eigenvalue weighted by molar-refractivity contribution is 0.584. The average Bonchev–Trinajstić information content (AvgIpc) is 3.00. The standard InChI is InChI=1S/C20H18ClN3O3S/c1-3-22-28(26,27)14-6-4-5-12(9-14)17-11(2)20(25)24-18-15-10-13(21)7-8-16(15)23-19(17)18/h4-10,22-23H,3H2,1-2H3,(H,24,25). The van der Waals surface area contributed by atoms with Crippen LogP contribution in [-0.4, -0.2) is 24.9 Å². The minimum Gasteiger partial charge on any atom is -0.353 e. The number of pyridine rings is 1. The van der Waals surface area contributed by atoms with Crippen LogP contribution in [0.25, 0.3) is 33.1 Å². The number of halogens is 1. The first-order chi connectivity index (χ1) is 13.3. The van der Waals surface area contributed by atoms with Gasteiger partial charge in [0.2, 0.25) is 10.0 Å². The highest BCUT2D eigenvalue weighted by molar-refractivity contribution is 7.89. The molecule has 2 aromatic heterocycles. The third kappa shape index (κ3) is 3.01. The Hall–Kier alpha value is -2.61. The molecule has 0 aliphatic carbocycles. The van der Waals surface area contributed by atoms with Crippen molar-refractivity contribution < 1.29 is 8.42 Å². The number of fused-ring (bicyclic) bond motifs is 3. The molecule has 0 atom stereocenters. The summed E-state index contributed by atoms with van der Waals surface area (Å²) in [4.78, 5) is 19.0. The highest BCUT2D eigenvalue weighted by Crippen LogP contribution is 2.34. The van der Waals surface area contributed by atoms with Crippen molar-refractivity contribution in [3.05, 3.63) is 63.4 Å². The van der Waals surface area contributed by atoms with Gasteiger partial charge in [0.05, 0.1) is 15.9 Å². The molecule has 0 saturated carbocycles. The van der Waals surface area contributed by atoms with Gasteiger partial charge in [-0.25, -0.2) is 13.1 Å². The third-order valence-corrected chi connectivity index (χ3v) is 6.51. The molecule has 0 bridgehead atoms. The van der Waals surface area contributed by atoms with Crippen LogP contribution in [0.1, 0.15) is 12.5 Å². The van der Waals surface area contributed by atoms with Gasteiger partial charge in [-0.2, -0.15) is 0 Å². The van der Waals surface area contributed by atoms with Crippen LogP contribution in [0.3, 0.4) is 0 Å². The van der Waals surface area contributed by atoms with Gasteiger partial charge in [-0.3, -0.25) is 4.79 Å². The topological polar surface area (TPSA) is 94.8 Å². The summed E-state index contributed by atoms with van der Waals surface area (Å²) < 4.78 is 27.3. The third-order valence-electron chi connectivity index (χ3n) is 4.73. The lowest BCUT2D eigenvalue weighted by Crippen LogP contribution is -2.23. The van der Waals surface area contributed by atoms with E-state index in [2.05, 4.69) is 14.7 Å². The lowest BCUT2D eigenvalue weighted by atomic mass is 10.0. The molecule has 144 valence electrons. The summed E-state index contributed by atoms with van der Waals surface area (Å²) in [6, 6.07) is 12.0. The molecule has 0 spiro atoms. The van der Waals surface area contributed by atoms with E-state index >= 15 is 0 Å². The van der Waals surface area contributed by atoms with Crippen LogP contribution in [-0.2, 0) is 10.0 Å². The molecule has 28 heavy (non-hydrogen) atoms. The monoisotopic (exact) mass is 415 g/mol. The molecular weight excluding hydrogens is 398 g/mol. The molecule has 0 amide bonds. The Balaban J connectivity index is 2.05. The highest BCUT2D eigenvalue weighted by Gasteiger charge is 2.18. The van der Waals surface area contributed by atoms with Gasteiger partial charge in [0.25, 0.3) is 5.56 Å². The number of benzene rings is 2. The second-order valence-corrected chi connectivity index (χ2v) is 8.75. The second-order valence-electron chi connectivity index (χ2n) is 6.55. The summed E-state index contributed by atoms with van der Waals surface area (Å²) in [5.74, 6) is 0. The largest absolute Gasteiger partial charge is 0.353 e. The van der Waals surface area contributed by atoms with E-state index in [-0.39, 0.29) is 10.5 Å². The fourth-order valence-corrected chi connectivity index (χ4v) is 4.70. The molecule has 0 saturated heterocycles. The van der Waals surface area contributed by atoms with Gasteiger partial charge in [0.15, 0.2) is 0 Å². The number of sulfonamides is 1. The van der Waals surface area contributed by atoms with Crippen LogP contribution in [0.15, 0.2) is 52.2 Å². The molecule has 3 N–H and O–H groups in total. The molecule has 0 aliphatic rings. The number of aromatic nitrogens is 2. The summed E-state index contributed by atoms with van der Waals surface area (Å²) in [6.07, 6.45) is 0. The Bertz CT molecular complexity index is 1390. The van der Waals surface area contributed by atoms with Crippen LogP contribution < -0.4 is 10.3 Å². The molecule has 2 heterocycles. The zero-order valence-corrected chi connectivity index (χ0v) is 16.8. The van der Waals surface area contributed by atoms with Crippen molar-refractivity contribution >= 4 is 43.6 Å². The summed E-state index contributed by atoms with van der Waals surface area (Å²) in [5, 5.41) is 1.37. The zero-order valence-electron chi connectivity index (χ0n) is 15.3. The normalized spacial score (nSPS) is 12.1. The highest BCUT2D eigenvalue weighted by atomic mass is 35.5. The van der Waals surface area contributed by atoms with Crippen molar-refractivity contribution in [2.45, 2.75) is 18.7 Å². The van der Waals surface area contributed by atoms with Crippen LogP contribution in [0.2, 0.25) is 5.02 Å². The molecular formula is C20H18ClN3O3S. The van der Waals surface area contributed by atoms with Gasteiger partial charge in [-0.1, -0.05) is 30.7 Å². The summed E-state index contributed by atoms with van der Waals surface area (Å²) in [5.41, 5.74) is 3.78. The van der Waals surface area contributed by atoms with E-state index in [1.807, 2.05) is 6.07 Å². The van der Waals surface area contributed by atoms with E-state index in [4.69, 9.17) is 11.6 Å². The van der Waals surface area contributed by atoms with E-state index in [1.54, 1.807) is 44.2 Å². The van der Waals surface area contributed by atoms with Gasteiger partial charge in [0.1, 0.15) is 0 Å². The first-order valence-corrected chi connectivity index (χ1v) is 10.6. The van der Waals surface area contributed by atoms with Crippen molar-refractivity contribution in [2.75, 3.05) is 6.54 Å². The van der Waals surface area contributed by atoms with E-state index in [9.17, 15) is 13.2 Å². The smallest absolute Gasteiger partial charge is 0.252 e. The van der Waals surface area contributed by atoms with Crippen molar-refractivity contribution in [3.63, 3.8) is 0 Å².